The van der Waals surface area contributed by atoms with Gasteiger partial charge in [-0.2, -0.15) is 0 Å². The van der Waals surface area contributed by atoms with Crippen LogP contribution in [0.4, 0.5) is 0 Å². The molecule has 0 aromatic rings. The number of aliphatic hydroxyl groups excluding tert-OH is 1. The molecule has 0 bridgehead atoms. The van der Waals surface area contributed by atoms with Gasteiger partial charge in [0.05, 0.1) is 12.1 Å². The Morgan fingerprint density at radius 2 is 1.03 bits per heavy atom. The highest BCUT2D eigenvalue weighted by molar-refractivity contribution is 5.97. The summed E-state index contributed by atoms with van der Waals surface area (Å²) in [5, 5.41) is 39.2. The number of hydrogen-bond acceptors (Lipinski definition) is 13. The predicted octanol–water partition coefficient (Wildman–Crippen LogP) is -3.79. The average molecular weight is 856 g/mol. The third-order valence-electron chi connectivity index (χ3n) is 9.99. The average Bonchev–Trinajstić information content (AvgIpc) is 3.74. The van der Waals surface area contributed by atoms with Gasteiger partial charge in [0.25, 0.3) is 0 Å². The quantitative estimate of drug-likeness (QED) is 0.0181. The minimum absolute atomic E-state index is 0.0544. The van der Waals surface area contributed by atoms with Crippen LogP contribution in [0, 0.1) is 5.92 Å². The Kier molecular flexibility index (Phi) is 26.3. The van der Waals surface area contributed by atoms with E-state index in [9.17, 15) is 43.8 Å². The van der Waals surface area contributed by atoms with Crippen molar-refractivity contribution < 1.29 is 43.8 Å². The SMILES string of the molecule is CC(C)[C@H](NC(=O)[C@H](CCCCN)NC(=O)[C@H](CCCN=C(N)N)NC(=O)[C@@H](NC(=O)[C@H](CCCCN)NC(=O)[C@H](CCCCN)NC(=O)[C@@H]1CCCN1)[C@@H](C)O)C(=O)O. The van der Waals surface area contributed by atoms with Gasteiger partial charge < -0.3 is 76.1 Å². The van der Waals surface area contributed by atoms with Crippen LogP contribution in [-0.4, -0.2) is 139 Å². The number of nitrogens with zero attached hydrogens (tertiary/aromatic N) is 1. The number of aliphatic carboxylic acids is 1. The van der Waals surface area contributed by atoms with Crippen molar-refractivity contribution in [2.45, 2.75) is 153 Å². The highest BCUT2D eigenvalue weighted by Crippen LogP contribution is 2.11. The second kappa shape index (κ2) is 29.6. The first-order chi connectivity index (χ1) is 28.5. The van der Waals surface area contributed by atoms with Gasteiger partial charge in [0.2, 0.25) is 35.4 Å². The molecule has 0 aromatic heterocycles. The van der Waals surface area contributed by atoms with Gasteiger partial charge in [-0.25, -0.2) is 4.79 Å². The van der Waals surface area contributed by atoms with Gasteiger partial charge in [0.1, 0.15) is 36.3 Å². The molecule has 0 unspecified atom stereocenters. The third-order valence-corrected chi connectivity index (χ3v) is 9.99. The standard InChI is InChI=1S/C38H73N13O9/c1-22(2)29(37(59)60)50-34(56)26(13-5-8-18-40)47-33(55)28(16-11-21-45-38(42)43)49-36(58)30(23(3)52)51-35(57)27(14-6-9-19-41)48-32(54)25(12-4-7-17-39)46-31(53)24-15-10-20-44-24/h22-30,44,52H,4-21,39-41H2,1-3H3,(H,46,53)(H,47,55)(H,48,54)(H,49,58)(H,50,56)(H,51,57)(H,59,60)(H4,42,43,45)/t23-,24+,25+,26+,27+,28+,29+,30+/m1/s1. The number of carbonyl (C=O) groups is 7. The number of carboxylic acid groups (broad SMARTS) is 1. The van der Waals surface area contributed by atoms with Crippen molar-refractivity contribution >= 4 is 47.4 Å². The first-order valence-corrected chi connectivity index (χ1v) is 21.1. The smallest absolute Gasteiger partial charge is 0.326 e. The number of hydrogen-bond donors (Lipinski definition) is 14. The fourth-order valence-corrected chi connectivity index (χ4v) is 6.47. The maximum absolute atomic E-state index is 13.9. The molecular weight excluding hydrogens is 782 g/mol. The van der Waals surface area contributed by atoms with Crippen LogP contribution in [0.15, 0.2) is 4.99 Å². The normalized spacial score (nSPS) is 17.2. The first-order valence-electron chi connectivity index (χ1n) is 21.1. The van der Waals surface area contributed by atoms with Gasteiger partial charge in [0, 0.05) is 6.54 Å². The van der Waals surface area contributed by atoms with E-state index in [2.05, 4.69) is 42.2 Å². The highest BCUT2D eigenvalue weighted by Gasteiger charge is 2.35. The summed E-state index contributed by atoms with van der Waals surface area (Å²) < 4.78 is 0. The summed E-state index contributed by atoms with van der Waals surface area (Å²) in [6, 6.07) is -8.05. The lowest BCUT2D eigenvalue weighted by Crippen LogP contribution is -2.61. The first kappa shape index (κ1) is 53.4. The molecule has 8 atom stereocenters. The lowest BCUT2D eigenvalue weighted by atomic mass is 10.0. The van der Waals surface area contributed by atoms with Crippen molar-refractivity contribution in [3.05, 3.63) is 0 Å². The van der Waals surface area contributed by atoms with Gasteiger partial charge in [-0.15, -0.1) is 0 Å². The van der Waals surface area contributed by atoms with Crippen molar-refractivity contribution in [3.8, 4) is 0 Å². The molecule has 60 heavy (non-hydrogen) atoms. The van der Waals surface area contributed by atoms with Crippen LogP contribution in [-0.2, 0) is 33.6 Å². The number of nitrogens with one attached hydrogen (secondary N) is 7. The predicted molar refractivity (Wildman–Crippen MR) is 225 cm³/mol. The van der Waals surface area contributed by atoms with E-state index in [1.165, 1.54) is 6.92 Å². The molecule has 6 amide bonds. The number of amides is 6. The van der Waals surface area contributed by atoms with Gasteiger partial charge in [-0.05, 0) is 122 Å². The van der Waals surface area contributed by atoms with E-state index in [-0.39, 0.29) is 50.5 Å². The van der Waals surface area contributed by atoms with E-state index in [1.54, 1.807) is 13.8 Å². The molecule has 19 N–H and O–H groups in total. The maximum Gasteiger partial charge on any atom is 0.326 e. The van der Waals surface area contributed by atoms with E-state index in [0.29, 0.717) is 71.1 Å². The van der Waals surface area contributed by atoms with Crippen molar-refractivity contribution in [1.82, 2.24) is 37.2 Å². The minimum atomic E-state index is -1.63. The monoisotopic (exact) mass is 856 g/mol. The second-order valence-corrected chi connectivity index (χ2v) is 15.5. The van der Waals surface area contributed by atoms with Gasteiger partial charge >= 0.3 is 5.97 Å². The Labute approximate surface area is 352 Å². The minimum Gasteiger partial charge on any atom is -0.480 e. The summed E-state index contributed by atoms with van der Waals surface area (Å²) in [7, 11) is 0. The van der Waals surface area contributed by atoms with Crippen molar-refractivity contribution in [2.24, 2.45) is 39.6 Å². The molecule has 22 nitrogen and oxygen atoms in total. The van der Waals surface area contributed by atoms with Crippen molar-refractivity contribution in [3.63, 3.8) is 0 Å². The molecular formula is C38H73N13O9. The zero-order chi connectivity index (χ0) is 45.2. The lowest BCUT2D eigenvalue weighted by molar-refractivity contribution is -0.143. The number of guanidine groups is 1. The van der Waals surface area contributed by atoms with Crippen LogP contribution in [0.25, 0.3) is 0 Å². The number of aliphatic hydroxyl groups is 1. The topological polar surface area (TPSA) is 387 Å². The summed E-state index contributed by atoms with van der Waals surface area (Å²) in [6.07, 6.45) is 3.51. The molecule has 1 fully saturated rings. The number of nitrogens with two attached hydrogens (primary N) is 5. The fraction of sp³-hybridized carbons (Fsp3) is 0.789. The molecule has 0 saturated carbocycles. The van der Waals surface area contributed by atoms with Crippen LogP contribution in [0.2, 0.25) is 0 Å². The Bertz CT molecular complexity index is 1390. The van der Waals surface area contributed by atoms with Crippen molar-refractivity contribution in [2.75, 3.05) is 32.7 Å². The molecule has 0 radical (unpaired) electrons. The molecule has 344 valence electrons. The molecule has 22 heteroatoms. The number of rotatable bonds is 31. The molecule has 1 saturated heterocycles. The van der Waals surface area contributed by atoms with Crippen LogP contribution < -0.4 is 65.9 Å². The largest absolute Gasteiger partial charge is 0.480 e. The van der Waals surface area contributed by atoms with Crippen LogP contribution in [0.1, 0.15) is 104 Å². The Morgan fingerprint density at radius 1 is 0.617 bits per heavy atom. The second-order valence-electron chi connectivity index (χ2n) is 15.5. The number of carbonyl (C=O) groups excluding carboxylic acids is 6. The van der Waals surface area contributed by atoms with Crippen molar-refractivity contribution in [1.29, 1.82) is 0 Å². The lowest BCUT2D eigenvalue weighted by Gasteiger charge is -2.29. The van der Waals surface area contributed by atoms with E-state index in [1.807, 2.05) is 0 Å². The van der Waals surface area contributed by atoms with Crippen LogP contribution in [0.5, 0.6) is 0 Å². The summed E-state index contributed by atoms with van der Waals surface area (Å²) in [5.41, 5.74) is 27.9. The molecule has 0 aliphatic carbocycles. The summed E-state index contributed by atoms with van der Waals surface area (Å²) in [6.45, 7) is 6.24. The summed E-state index contributed by atoms with van der Waals surface area (Å²) in [4.78, 5) is 97.3. The Balaban J connectivity index is 3.35. The van der Waals surface area contributed by atoms with E-state index < -0.39 is 89.8 Å². The molecule has 1 aliphatic heterocycles. The van der Waals surface area contributed by atoms with Gasteiger partial charge in [0.15, 0.2) is 5.96 Å². The molecule has 0 aromatic carbocycles. The molecule has 1 heterocycles. The van der Waals surface area contributed by atoms with E-state index >= 15 is 0 Å². The maximum atomic E-state index is 13.9. The van der Waals surface area contributed by atoms with Crippen LogP contribution in [0.3, 0.4) is 0 Å². The van der Waals surface area contributed by atoms with E-state index in [0.717, 1.165) is 6.42 Å². The van der Waals surface area contributed by atoms with Gasteiger partial charge in [-0.1, -0.05) is 13.8 Å². The zero-order valence-electron chi connectivity index (χ0n) is 35.5. The zero-order valence-corrected chi connectivity index (χ0v) is 35.5. The molecule has 0 spiro atoms. The molecule has 1 aliphatic rings. The van der Waals surface area contributed by atoms with E-state index in [4.69, 9.17) is 28.7 Å². The number of carboxylic acids is 1. The molecule has 1 rings (SSSR count). The number of unbranched alkanes of at least 4 members (excludes halogenated alkanes) is 3. The highest BCUT2D eigenvalue weighted by atomic mass is 16.4. The number of aliphatic imine (C=N–C) groups is 1. The van der Waals surface area contributed by atoms with Gasteiger partial charge in [-0.3, -0.25) is 33.8 Å². The fourth-order valence-electron chi connectivity index (χ4n) is 6.47. The van der Waals surface area contributed by atoms with Crippen LogP contribution >= 0.6 is 0 Å². The third kappa shape index (κ3) is 20.6. The Hall–Kier alpha value is -4.64. The Morgan fingerprint density at radius 3 is 1.42 bits per heavy atom. The summed E-state index contributed by atoms with van der Waals surface area (Å²) >= 11 is 0. The summed E-state index contributed by atoms with van der Waals surface area (Å²) in [5.74, 6) is -6.21.